The number of hydrogen-bond acceptors (Lipinski definition) is 6. The van der Waals surface area contributed by atoms with Crippen LogP contribution in [0.1, 0.15) is 25.0 Å². The smallest absolute Gasteiger partial charge is 0.230 e. The fourth-order valence-corrected chi connectivity index (χ4v) is 2.95. The lowest BCUT2D eigenvalue weighted by Crippen LogP contribution is -2.23. The number of benzene rings is 1. The highest BCUT2D eigenvalue weighted by Crippen LogP contribution is 2.13. The number of aromatic nitrogens is 4. The Hall–Kier alpha value is -3.42. The predicted octanol–water partition coefficient (Wildman–Crippen LogP) is 2.76. The summed E-state index contributed by atoms with van der Waals surface area (Å²) in [6, 6.07) is 11.6. The van der Waals surface area contributed by atoms with Gasteiger partial charge in [-0.05, 0) is 43.2 Å². The Morgan fingerprint density at radius 2 is 1.79 bits per heavy atom. The Balaban J connectivity index is 1.54. The highest BCUT2D eigenvalue weighted by atomic mass is 16.5. The van der Waals surface area contributed by atoms with Crippen LogP contribution in [0.15, 0.2) is 48.8 Å². The number of anilines is 2. The van der Waals surface area contributed by atoms with E-state index >= 15 is 0 Å². The van der Waals surface area contributed by atoms with Crippen LogP contribution in [0.5, 0.6) is 5.75 Å². The molecule has 2 aromatic heterocycles. The molecular formula is C21H26N6O2. The number of ether oxygens (including phenoxy) is 1. The van der Waals surface area contributed by atoms with Crippen molar-refractivity contribution in [3.63, 3.8) is 0 Å². The van der Waals surface area contributed by atoms with Crippen molar-refractivity contribution in [1.29, 1.82) is 0 Å². The molecule has 8 nitrogen and oxygen atoms in total. The highest BCUT2D eigenvalue weighted by Gasteiger charge is 2.09. The molecule has 0 aliphatic rings. The summed E-state index contributed by atoms with van der Waals surface area (Å²) in [5, 5.41) is 11.3. The number of amides is 1. The van der Waals surface area contributed by atoms with Crippen molar-refractivity contribution in [1.82, 2.24) is 20.0 Å². The van der Waals surface area contributed by atoms with Crippen LogP contribution in [0, 0.1) is 0 Å². The van der Waals surface area contributed by atoms with Crippen LogP contribution >= 0.6 is 0 Å². The molecule has 0 radical (unpaired) electrons. The van der Waals surface area contributed by atoms with E-state index in [0.717, 1.165) is 35.8 Å². The zero-order valence-corrected chi connectivity index (χ0v) is 17.0. The third-order valence-electron chi connectivity index (χ3n) is 4.55. The molecule has 8 heteroatoms. The van der Waals surface area contributed by atoms with Gasteiger partial charge in [-0.3, -0.25) is 4.79 Å². The van der Waals surface area contributed by atoms with Gasteiger partial charge in [-0.1, -0.05) is 18.2 Å². The molecule has 2 heterocycles. The zero-order chi connectivity index (χ0) is 20.6. The predicted molar refractivity (Wildman–Crippen MR) is 112 cm³/mol. The van der Waals surface area contributed by atoms with Crippen LogP contribution in [0.4, 0.5) is 11.6 Å². The van der Waals surface area contributed by atoms with Gasteiger partial charge in [0.2, 0.25) is 5.91 Å². The maximum Gasteiger partial charge on any atom is 0.230 e. The van der Waals surface area contributed by atoms with Crippen molar-refractivity contribution >= 4 is 17.5 Å². The summed E-state index contributed by atoms with van der Waals surface area (Å²) >= 11 is 0. The lowest BCUT2D eigenvalue weighted by Gasteiger charge is -2.19. The summed E-state index contributed by atoms with van der Waals surface area (Å²) in [6.45, 7) is 6.49. The summed E-state index contributed by atoms with van der Waals surface area (Å²) in [4.78, 5) is 20.5. The molecule has 0 aliphatic heterocycles. The first-order valence-electron chi connectivity index (χ1n) is 9.64. The van der Waals surface area contributed by atoms with E-state index in [0.29, 0.717) is 12.4 Å². The third-order valence-corrected chi connectivity index (χ3v) is 4.55. The standard InChI is InChI=1S/C21H26N6O2/c1-4-26(5-2)20-11-8-17(13-22-20)12-21(28)24-19-14-23-27(25-19)15-16-6-9-18(29-3)10-7-16/h6-11,13-14H,4-5,12,15H2,1-3H3,(H,24,25,28). The van der Waals surface area contributed by atoms with Crippen LogP contribution in [-0.4, -0.2) is 46.1 Å². The summed E-state index contributed by atoms with van der Waals surface area (Å²) in [6.07, 6.45) is 3.52. The topological polar surface area (TPSA) is 85.2 Å². The first kappa shape index (κ1) is 20.3. The van der Waals surface area contributed by atoms with Gasteiger partial charge in [-0.25, -0.2) is 4.98 Å². The largest absolute Gasteiger partial charge is 0.497 e. The van der Waals surface area contributed by atoms with Crippen molar-refractivity contribution in [2.75, 3.05) is 30.4 Å². The fraction of sp³-hybridized carbons (Fsp3) is 0.333. The molecule has 0 fully saturated rings. The molecule has 0 spiro atoms. The van der Waals surface area contributed by atoms with E-state index in [9.17, 15) is 4.79 Å². The van der Waals surface area contributed by atoms with Gasteiger partial charge in [0.25, 0.3) is 0 Å². The molecule has 0 unspecified atom stereocenters. The second-order valence-corrected chi connectivity index (χ2v) is 6.53. The Labute approximate surface area is 170 Å². The van der Waals surface area contributed by atoms with E-state index in [-0.39, 0.29) is 12.3 Å². The van der Waals surface area contributed by atoms with Gasteiger partial charge >= 0.3 is 0 Å². The van der Waals surface area contributed by atoms with Crippen molar-refractivity contribution in [3.05, 3.63) is 59.9 Å². The van der Waals surface area contributed by atoms with Crippen LogP contribution < -0.4 is 15.0 Å². The molecule has 0 bridgehead atoms. The van der Waals surface area contributed by atoms with E-state index in [1.165, 1.54) is 4.80 Å². The SMILES string of the molecule is CCN(CC)c1ccc(CC(=O)Nc2cnn(Cc3ccc(OC)cc3)n2)cn1. The Bertz CT molecular complexity index is 917. The molecule has 3 aromatic rings. The van der Waals surface area contributed by atoms with Gasteiger partial charge < -0.3 is 15.0 Å². The molecule has 0 saturated carbocycles. The number of pyridine rings is 1. The summed E-state index contributed by atoms with van der Waals surface area (Å²) in [5.41, 5.74) is 1.89. The maximum absolute atomic E-state index is 12.3. The van der Waals surface area contributed by atoms with Crippen molar-refractivity contribution in [2.24, 2.45) is 0 Å². The average Bonchev–Trinajstić information content (AvgIpc) is 3.17. The van der Waals surface area contributed by atoms with Crippen LogP contribution in [0.25, 0.3) is 0 Å². The fourth-order valence-electron chi connectivity index (χ4n) is 2.95. The Kier molecular flexibility index (Phi) is 6.78. The minimum atomic E-state index is -0.154. The first-order valence-corrected chi connectivity index (χ1v) is 9.64. The van der Waals surface area contributed by atoms with Gasteiger partial charge in [0.15, 0.2) is 5.82 Å². The second-order valence-electron chi connectivity index (χ2n) is 6.53. The molecule has 0 saturated heterocycles. The average molecular weight is 394 g/mol. The number of carbonyl (C=O) groups is 1. The van der Waals surface area contributed by atoms with Crippen LogP contribution in [-0.2, 0) is 17.8 Å². The quantitative estimate of drug-likeness (QED) is 0.601. The van der Waals surface area contributed by atoms with E-state index in [4.69, 9.17) is 4.74 Å². The van der Waals surface area contributed by atoms with E-state index in [1.54, 1.807) is 19.5 Å². The summed E-state index contributed by atoms with van der Waals surface area (Å²) in [7, 11) is 1.63. The van der Waals surface area contributed by atoms with E-state index in [1.807, 2.05) is 36.4 Å². The molecule has 3 rings (SSSR count). The van der Waals surface area contributed by atoms with Crippen LogP contribution in [0.2, 0.25) is 0 Å². The molecular weight excluding hydrogens is 368 g/mol. The lowest BCUT2D eigenvalue weighted by atomic mass is 10.2. The van der Waals surface area contributed by atoms with Gasteiger partial charge in [-0.2, -0.15) is 9.90 Å². The zero-order valence-electron chi connectivity index (χ0n) is 17.0. The van der Waals surface area contributed by atoms with Gasteiger partial charge in [-0.15, -0.1) is 5.10 Å². The monoisotopic (exact) mass is 394 g/mol. The molecule has 1 amide bonds. The van der Waals surface area contributed by atoms with E-state index in [2.05, 4.69) is 39.2 Å². The first-order chi connectivity index (χ1) is 14.1. The molecule has 152 valence electrons. The number of carbonyl (C=O) groups excluding carboxylic acids is 1. The number of nitrogens with one attached hydrogen (secondary N) is 1. The minimum absolute atomic E-state index is 0.154. The highest BCUT2D eigenvalue weighted by molar-refractivity contribution is 5.91. The van der Waals surface area contributed by atoms with Gasteiger partial charge in [0, 0.05) is 19.3 Å². The summed E-state index contributed by atoms with van der Waals surface area (Å²) in [5.74, 6) is 1.99. The molecule has 0 atom stereocenters. The number of methoxy groups -OCH3 is 1. The van der Waals surface area contributed by atoms with Crippen LogP contribution in [0.3, 0.4) is 0 Å². The molecule has 1 N–H and O–H groups in total. The van der Waals surface area contributed by atoms with Gasteiger partial charge in [0.1, 0.15) is 11.6 Å². The van der Waals surface area contributed by atoms with Gasteiger partial charge in [0.05, 0.1) is 26.3 Å². The lowest BCUT2D eigenvalue weighted by molar-refractivity contribution is -0.115. The summed E-state index contributed by atoms with van der Waals surface area (Å²) < 4.78 is 5.15. The number of nitrogens with zero attached hydrogens (tertiary/aromatic N) is 5. The second kappa shape index (κ2) is 9.68. The molecule has 1 aromatic carbocycles. The number of hydrogen-bond donors (Lipinski definition) is 1. The van der Waals surface area contributed by atoms with Crippen molar-refractivity contribution in [3.8, 4) is 5.75 Å². The third kappa shape index (κ3) is 5.54. The Morgan fingerprint density at radius 1 is 1.07 bits per heavy atom. The molecule has 29 heavy (non-hydrogen) atoms. The normalized spacial score (nSPS) is 10.6. The van der Waals surface area contributed by atoms with Crippen molar-refractivity contribution in [2.45, 2.75) is 26.8 Å². The Morgan fingerprint density at radius 3 is 2.41 bits per heavy atom. The minimum Gasteiger partial charge on any atom is -0.497 e. The molecule has 0 aliphatic carbocycles. The number of rotatable bonds is 9. The maximum atomic E-state index is 12.3. The van der Waals surface area contributed by atoms with E-state index < -0.39 is 0 Å². The van der Waals surface area contributed by atoms with Crippen molar-refractivity contribution < 1.29 is 9.53 Å².